The van der Waals surface area contributed by atoms with Crippen LogP contribution in [0.2, 0.25) is 5.02 Å². The van der Waals surface area contributed by atoms with E-state index in [1.165, 1.54) is 0 Å². The van der Waals surface area contributed by atoms with Crippen LogP contribution in [0.3, 0.4) is 0 Å². The van der Waals surface area contributed by atoms with Crippen LogP contribution in [-0.2, 0) is 0 Å². The Labute approximate surface area is 127 Å². The van der Waals surface area contributed by atoms with E-state index in [0.29, 0.717) is 38.8 Å². The third-order valence-electron chi connectivity index (χ3n) is 3.82. The van der Waals surface area contributed by atoms with Crippen LogP contribution in [0.1, 0.15) is 23.3 Å². The number of ether oxygens (including phenoxy) is 2. The van der Waals surface area contributed by atoms with E-state index in [4.69, 9.17) is 21.1 Å². The molecule has 0 aliphatic heterocycles. The van der Waals surface area contributed by atoms with Gasteiger partial charge in [0.05, 0.1) is 14.2 Å². The molecule has 0 bridgehead atoms. The highest BCUT2D eigenvalue weighted by molar-refractivity contribution is 6.32. The minimum Gasteiger partial charge on any atom is -0.496 e. The number of hydrogen-bond donors (Lipinski definition) is 2. The average Bonchev–Trinajstić information content (AvgIpc) is 2.51. The first kappa shape index (κ1) is 14.2. The fourth-order valence-electron chi connectivity index (χ4n) is 2.85. The molecule has 5 heteroatoms. The third-order valence-corrected chi connectivity index (χ3v) is 4.15. The number of hydrogen-bond acceptors (Lipinski definition) is 4. The molecule has 1 aliphatic rings. The summed E-state index contributed by atoms with van der Waals surface area (Å²) < 4.78 is 10.8. The molecule has 0 saturated heterocycles. The van der Waals surface area contributed by atoms with Gasteiger partial charge in [-0.3, -0.25) is 0 Å². The van der Waals surface area contributed by atoms with Gasteiger partial charge in [-0.05, 0) is 23.8 Å². The molecular weight excluding hydrogens is 292 g/mol. The Morgan fingerprint density at radius 1 is 0.905 bits per heavy atom. The topological polar surface area (TPSA) is 58.9 Å². The number of aliphatic hydroxyl groups excluding tert-OH is 2. The Morgan fingerprint density at radius 3 is 2.24 bits per heavy atom. The lowest BCUT2D eigenvalue weighted by atomic mass is 9.81. The fraction of sp³-hybridized carbons (Fsp3) is 0.250. The van der Waals surface area contributed by atoms with Crippen molar-refractivity contribution >= 4 is 11.6 Å². The Hall–Kier alpha value is -1.75. The van der Waals surface area contributed by atoms with Crippen molar-refractivity contribution in [2.24, 2.45) is 0 Å². The Kier molecular flexibility index (Phi) is 3.53. The highest BCUT2D eigenvalue weighted by Gasteiger charge is 2.36. The highest BCUT2D eigenvalue weighted by Crippen LogP contribution is 2.53. The van der Waals surface area contributed by atoms with Crippen molar-refractivity contribution in [2.45, 2.75) is 12.2 Å². The first-order chi connectivity index (χ1) is 10.1. The van der Waals surface area contributed by atoms with Gasteiger partial charge in [0.2, 0.25) is 0 Å². The van der Waals surface area contributed by atoms with E-state index < -0.39 is 12.2 Å². The SMILES string of the molecule is COc1cccc2c1-c1c(OC)ccc(Cl)c1[C@@H](O)[C@@H]2O. The molecule has 0 unspecified atom stereocenters. The maximum atomic E-state index is 10.4. The molecule has 4 nitrogen and oxygen atoms in total. The summed E-state index contributed by atoms with van der Waals surface area (Å²) in [5.74, 6) is 1.17. The zero-order valence-electron chi connectivity index (χ0n) is 11.6. The van der Waals surface area contributed by atoms with Gasteiger partial charge < -0.3 is 19.7 Å². The fourth-order valence-corrected chi connectivity index (χ4v) is 3.12. The lowest BCUT2D eigenvalue weighted by molar-refractivity contribution is 0.0156. The minimum absolute atomic E-state index is 0.383. The molecule has 0 fully saturated rings. The summed E-state index contributed by atoms with van der Waals surface area (Å²) in [4.78, 5) is 0. The number of benzene rings is 2. The van der Waals surface area contributed by atoms with E-state index >= 15 is 0 Å². The summed E-state index contributed by atoms with van der Waals surface area (Å²) in [7, 11) is 3.11. The first-order valence-corrected chi connectivity index (χ1v) is 6.87. The molecule has 0 aromatic heterocycles. The van der Waals surface area contributed by atoms with E-state index in [-0.39, 0.29) is 0 Å². The zero-order chi connectivity index (χ0) is 15.1. The van der Waals surface area contributed by atoms with Crippen LogP contribution in [-0.4, -0.2) is 24.4 Å². The van der Waals surface area contributed by atoms with Crippen LogP contribution in [0.5, 0.6) is 11.5 Å². The van der Waals surface area contributed by atoms with Gasteiger partial charge in [-0.25, -0.2) is 0 Å². The van der Waals surface area contributed by atoms with Crippen molar-refractivity contribution in [1.29, 1.82) is 0 Å². The zero-order valence-corrected chi connectivity index (χ0v) is 12.4. The molecule has 0 amide bonds. The molecular formula is C16H15ClO4. The van der Waals surface area contributed by atoms with Gasteiger partial charge in [-0.2, -0.15) is 0 Å². The van der Waals surface area contributed by atoms with E-state index in [2.05, 4.69) is 0 Å². The van der Waals surface area contributed by atoms with E-state index in [0.717, 1.165) is 0 Å². The van der Waals surface area contributed by atoms with Crippen LogP contribution in [0.4, 0.5) is 0 Å². The van der Waals surface area contributed by atoms with Gasteiger partial charge in [0, 0.05) is 21.7 Å². The van der Waals surface area contributed by atoms with Gasteiger partial charge in [0.25, 0.3) is 0 Å². The molecule has 0 spiro atoms. The number of rotatable bonds is 2. The van der Waals surface area contributed by atoms with Crippen LogP contribution < -0.4 is 9.47 Å². The van der Waals surface area contributed by atoms with E-state index in [1.54, 1.807) is 44.6 Å². The van der Waals surface area contributed by atoms with Crippen LogP contribution >= 0.6 is 11.6 Å². The monoisotopic (exact) mass is 306 g/mol. The maximum Gasteiger partial charge on any atom is 0.127 e. The van der Waals surface area contributed by atoms with Crippen molar-refractivity contribution in [3.63, 3.8) is 0 Å². The molecule has 2 aromatic rings. The van der Waals surface area contributed by atoms with Crippen molar-refractivity contribution in [3.8, 4) is 22.6 Å². The van der Waals surface area contributed by atoms with E-state index in [1.807, 2.05) is 0 Å². The van der Waals surface area contributed by atoms with Crippen molar-refractivity contribution < 1.29 is 19.7 Å². The average molecular weight is 307 g/mol. The second-order valence-electron chi connectivity index (χ2n) is 4.85. The normalized spacial score (nSPS) is 19.7. The molecule has 0 radical (unpaired) electrons. The smallest absolute Gasteiger partial charge is 0.127 e. The highest BCUT2D eigenvalue weighted by atomic mass is 35.5. The molecule has 0 saturated carbocycles. The predicted molar refractivity (Wildman–Crippen MR) is 79.9 cm³/mol. The van der Waals surface area contributed by atoms with Gasteiger partial charge in [0.15, 0.2) is 0 Å². The number of fused-ring (bicyclic) bond motifs is 3. The largest absolute Gasteiger partial charge is 0.496 e. The Morgan fingerprint density at radius 2 is 1.57 bits per heavy atom. The molecule has 1 aliphatic carbocycles. The summed E-state index contributed by atoms with van der Waals surface area (Å²) in [5, 5.41) is 21.2. The van der Waals surface area contributed by atoms with Gasteiger partial charge >= 0.3 is 0 Å². The van der Waals surface area contributed by atoms with Gasteiger partial charge in [0.1, 0.15) is 23.7 Å². The Bertz CT molecular complexity index is 699. The molecule has 2 N–H and O–H groups in total. The van der Waals surface area contributed by atoms with Gasteiger partial charge in [-0.1, -0.05) is 23.7 Å². The molecule has 0 heterocycles. The maximum absolute atomic E-state index is 10.4. The van der Waals surface area contributed by atoms with Crippen molar-refractivity contribution in [3.05, 3.63) is 46.5 Å². The van der Waals surface area contributed by atoms with Crippen molar-refractivity contribution in [2.75, 3.05) is 14.2 Å². The lowest BCUT2D eigenvalue weighted by Gasteiger charge is -2.31. The standard InChI is InChI=1S/C16H15ClO4/c1-20-10-5-3-4-8-12(10)14-11(21-2)7-6-9(17)13(14)16(19)15(8)18/h3-7,15-16,18-19H,1-2H3/t15-,16-/m1/s1. The third kappa shape index (κ3) is 1.99. The second-order valence-corrected chi connectivity index (χ2v) is 5.26. The number of methoxy groups -OCH3 is 2. The summed E-state index contributed by atoms with van der Waals surface area (Å²) >= 11 is 6.23. The molecule has 2 atom stereocenters. The summed E-state index contributed by atoms with van der Waals surface area (Å²) in [6.07, 6.45) is -2.17. The molecule has 110 valence electrons. The second kappa shape index (κ2) is 5.22. The number of halogens is 1. The molecule has 21 heavy (non-hydrogen) atoms. The van der Waals surface area contributed by atoms with Crippen LogP contribution in [0.15, 0.2) is 30.3 Å². The minimum atomic E-state index is -1.11. The quantitative estimate of drug-likeness (QED) is 0.895. The van der Waals surface area contributed by atoms with Crippen LogP contribution in [0.25, 0.3) is 11.1 Å². The molecule has 3 rings (SSSR count). The number of aliphatic hydroxyl groups is 2. The summed E-state index contributed by atoms with van der Waals surface area (Å²) in [6, 6.07) is 8.72. The predicted octanol–water partition coefficient (Wildman–Crippen LogP) is 3.10. The van der Waals surface area contributed by atoms with Gasteiger partial charge in [-0.15, -0.1) is 0 Å². The van der Waals surface area contributed by atoms with Crippen molar-refractivity contribution in [1.82, 2.24) is 0 Å². The van der Waals surface area contributed by atoms with E-state index in [9.17, 15) is 10.2 Å². The Balaban J connectivity index is 2.44. The summed E-state index contributed by atoms with van der Waals surface area (Å²) in [5.41, 5.74) is 2.41. The van der Waals surface area contributed by atoms with Crippen LogP contribution in [0, 0.1) is 0 Å². The summed E-state index contributed by atoms with van der Waals surface area (Å²) in [6.45, 7) is 0. The molecule has 2 aromatic carbocycles. The lowest BCUT2D eigenvalue weighted by Crippen LogP contribution is -2.18. The first-order valence-electron chi connectivity index (χ1n) is 6.50.